The minimum atomic E-state index is -3.86. The number of nitrogens with zero attached hydrogens (tertiary/aromatic N) is 1. The smallest absolute Gasteiger partial charge is 0.279 e. The van der Waals surface area contributed by atoms with Crippen molar-refractivity contribution in [3.8, 4) is 0 Å². The number of anilines is 1. The number of carbonyl (C=O) groups excluding carboxylic acids is 1. The Hall–Kier alpha value is -2.29. The molecule has 2 aromatic rings. The van der Waals surface area contributed by atoms with Crippen LogP contribution in [-0.4, -0.2) is 51.4 Å². The summed E-state index contributed by atoms with van der Waals surface area (Å²) in [5.74, 6) is -0.851. The molecule has 3 rings (SSSR count). The molecule has 8 heteroatoms. The van der Waals surface area contributed by atoms with Crippen LogP contribution in [-0.2, 0) is 21.2 Å². The van der Waals surface area contributed by atoms with Crippen molar-refractivity contribution in [1.82, 2.24) is 4.31 Å². The maximum absolute atomic E-state index is 13.9. The summed E-state index contributed by atoms with van der Waals surface area (Å²) in [6, 6.07) is 13.1. The highest BCUT2D eigenvalue weighted by atomic mass is 32.2. The summed E-state index contributed by atoms with van der Waals surface area (Å²) in [7, 11) is -3.86. The van der Waals surface area contributed by atoms with E-state index in [0.29, 0.717) is 13.1 Å². The number of amides is 1. The monoisotopic (exact) mass is 406 g/mol. The molecule has 1 aliphatic rings. The van der Waals surface area contributed by atoms with Crippen LogP contribution in [0.4, 0.5) is 10.1 Å². The second-order valence-corrected chi connectivity index (χ2v) is 8.77. The fraction of sp³-hybridized carbons (Fsp3) is 0.350. The van der Waals surface area contributed by atoms with E-state index in [2.05, 4.69) is 12.2 Å². The molecule has 0 radical (unpaired) electrons. The first kappa shape index (κ1) is 20.4. The highest BCUT2D eigenvalue weighted by Gasteiger charge is 2.32. The first-order chi connectivity index (χ1) is 13.4. The molecule has 1 fully saturated rings. The lowest BCUT2D eigenvalue weighted by molar-refractivity contribution is -0.895. The number of quaternary nitrogens is 1. The molecule has 1 heterocycles. The van der Waals surface area contributed by atoms with Crippen LogP contribution in [0.25, 0.3) is 0 Å². The molecule has 28 heavy (non-hydrogen) atoms. The predicted molar refractivity (Wildman–Crippen MR) is 105 cm³/mol. The van der Waals surface area contributed by atoms with E-state index < -0.39 is 15.8 Å². The molecule has 150 valence electrons. The average molecular weight is 407 g/mol. The van der Waals surface area contributed by atoms with Crippen LogP contribution in [0.3, 0.4) is 0 Å². The fourth-order valence-electron chi connectivity index (χ4n) is 3.27. The van der Waals surface area contributed by atoms with Crippen molar-refractivity contribution in [3.05, 3.63) is 59.9 Å². The van der Waals surface area contributed by atoms with Crippen LogP contribution in [0.2, 0.25) is 0 Å². The summed E-state index contributed by atoms with van der Waals surface area (Å²) in [5.41, 5.74) is 1.96. The standard InChI is InChI=1S/C20H24FN3O3S/c1-2-16-7-9-17(10-8-16)22-20(25)15-23-11-13-24(14-12-23)28(26,27)19-6-4-3-5-18(19)21/h3-10H,2,11-15H2,1H3,(H,22,25)/p+1. The summed E-state index contributed by atoms with van der Waals surface area (Å²) in [4.78, 5) is 13.0. The average Bonchev–Trinajstić information content (AvgIpc) is 2.69. The Morgan fingerprint density at radius 2 is 1.75 bits per heavy atom. The van der Waals surface area contributed by atoms with Crippen molar-refractivity contribution in [2.75, 3.05) is 38.0 Å². The highest BCUT2D eigenvalue weighted by molar-refractivity contribution is 7.89. The molecule has 1 amide bonds. The number of nitrogens with one attached hydrogen (secondary N) is 2. The molecular weight excluding hydrogens is 381 g/mol. The van der Waals surface area contributed by atoms with Crippen LogP contribution in [0.1, 0.15) is 12.5 Å². The van der Waals surface area contributed by atoms with Gasteiger partial charge in [-0.1, -0.05) is 31.2 Å². The summed E-state index contributed by atoms with van der Waals surface area (Å²) in [6.07, 6.45) is 0.943. The molecule has 0 atom stereocenters. The lowest BCUT2D eigenvalue weighted by atomic mass is 10.1. The van der Waals surface area contributed by atoms with E-state index in [1.165, 1.54) is 28.1 Å². The third-order valence-corrected chi connectivity index (χ3v) is 6.87. The number of halogens is 1. The highest BCUT2D eigenvalue weighted by Crippen LogP contribution is 2.18. The summed E-state index contributed by atoms with van der Waals surface area (Å²) in [6.45, 7) is 3.84. The number of rotatable bonds is 6. The van der Waals surface area contributed by atoms with E-state index in [4.69, 9.17) is 0 Å². The van der Waals surface area contributed by atoms with Gasteiger partial charge in [0.15, 0.2) is 6.54 Å². The number of hydrogen-bond acceptors (Lipinski definition) is 3. The van der Waals surface area contributed by atoms with Gasteiger partial charge in [0, 0.05) is 5.69 Å². The van der Waals surface area contributed by atoms with Crippen molar-refractivity contribution >= 4 is 21.6 Å². The SMILES string of the molecule is CCc1ccc(NC(=O)C[NH+]2CCN(S(=O)(=O)c3ccccc3F)CC2)cc1. The predicted octanol–water partition coefficient (Wildman–Crippen LogP) is 0.916. The number of hydrogen-bond donors (Lipinski definition) is 2. The molecule has 0 aromatic heterocycles. The van der Waals surface area contributed by atoms with Gasteiger partial charge in [-0.05, 0) is 36.2 Å². The number of benzene rings is 2. The van der Waals surface area contributed by atoms with Gasteiger partial charge >= 0.3 is 0 Å². The van der Waals surface area contributed by atoms with E-state index in [-0.39, 0.29) is 30.4 Å². The maximum atomic E-state index is 13.9. The second-order valence-electron chi connectivity index (χ2n) is 6.86. The van der Waals surface area contributed by atoms with Crippen LogP contribution in [0.5, 0.6) is 0 Å². The van der Waals surface area contributed by atoms with Gasteiger partial charge in [-0.3, -0.25) is 4.79 Å². The normalized spacial score (nSPS) is 16.1. The van der Waals surface area contributed by atoms with Gasteiger partial charge in [0.25, 0.3) is 5.91 Å². The number of aryl methyl sites for hydroxylation is 1. The van der Waals surface area contributed by atoms with Gasteiger partial charge in [0.1, 0.15) is 10.7 Å². The van der Waals surface area contributed by atoms with Gasteiger partial charge in [-0.25, -0.2) is 12.8 Å². The van der Waals surface area contributed by atoms with Crippen LogP contribution in [0, 0.1) is 5.82 Å². The van der Waals surface area contributed by atoms with Crippen molar-refractivity contribution in [2.24, 2.45) is 0 Å². The zero-order chi connectivity index (χ0) is 20.1. The van der Waals surface area contributed by atoms with Gasteiger partial charge in [-0.15, -0.1) is 0 Å². The number of carbonyl (C=O) groups is 1. The Balaban J connectivity index is 1.53. The van der Waals surface area contributed by atoms with Crippen LogP contribution in [0.15, 0.2) is 53.4 Å². The van der Waals surface area contributed by atoms with Crippen LogP contribution >= 0.6 is 0 Å². The summed E-state index contributed by atoms with van der Waals surface area (Å²) in [5, 5.41) is 2.87. The van der Waals surface area contributed by atoms with Gasteiger partial charge in [0.2, 0.25) is 10.0 Å². The van der Waals surface area contributed by atoms with Gasteiger partial charge in [0.05, 0.1) is 26.2 Å². The Labute approximate surface area is 165 Å². The Morgan fingerprint density at radius 3 is 2.36 bits per heavy atom. The summed E-state index contributed by atoms with van der Waals surface area (Å²) >= 11 is 0. The molecule has 1 aliphatic heterocycles. The topological polar surface area (TPSA) is 70.9 Å². The van der Waals surface area contributed by atoms with Crippen molar-refractivity contribution in [2.45, 2.75) is 18.2 Å². The number of piperazine rings is 1. The largest absolute Gasteiger partial charge is 0.325 e. The molecule has 1 saturated heterocycles. The van der Waals surface area contributed by atoms with E-state index in [1.807, 2.05) is 24.3 Å². The first-order valence-corrected chi connectivity index (χ1v) is 10.8. The number of sulfonamides is 1. The Bertz CT molecular complexity index is 924. The molecule has 2 aromatic carbocycles. The molecule has 0 bridgehead atoms. The van der Waals surface area contributed by atoms with E-state index in [9.17, 15) is 17.6 Å². The third kappa shape index (κ3) is 4.76. The minimum Gasteiger partial charge on any atom is -0.325 e. The second kappa shape index (κ2) is 8.81. The van der Waals surface area contributed by atoms with Crippen LogP contribution < -0.4 is 10.2 Å². The van der Waals surface area contributed by atoms with Crippen molar-refractivity contribution < 1.29 is 22.5 Å². The lowest BCUT2D eigenvalue weighted by Crippen LogP contribution is -3.15. The van der Waals surface area contributed by atoms with Crippen molar-refractivity contribution in [3.63, 3.8) is 0 Å². The molecule has 2 N–H and O–H groups in total. The van der Waals surface area contributed by atoms with Crippen molar-refractivity contribution in [1.29, 1.82) is 0 Å². The molecule has 6 nitrogen and oxygen atoms in total. The molecule has 0 unspecified atom stereocenters. The zero-order valence-electron chi connectivity index (χ0n) is 15.8. The van der Waals surface area contributed by atoms with Gasteiger partial charge < -0.3 is 10.2 Å². The van der Waals surface area contributed by atoms with E-state index >= 15 is 0 Å². The quantitative estimate of drug-likeness (QED) is 0.749. The Kier molecular flexibility index (Phi) is 6.43. The zero-order valence-corrected chi connectivity index (χ0v) is 16.6. The van der Waals surface area contributed by atoms with E-state index in [1.54, 1.807) is 0 Å². The molecule has 0 saturated carbocycles. The minimum absolute atomic E-state index is 0.107. The molecule has 0 spiro atoms. The third-order valence-electron chi connectivity index (χ3n) is 4.94. The molecule has 0 aliphatic carbocycles. The maximum Gasteiger partial charge on any atom is 0.279 e. The first-order valence-electron chi connectivity index (χ1n) is 9.37. The van der Waals surface area contributed by atoms with Gasteiger partial charge in [-0.2, -0.15) is 4.31 Å². The summed E-state index contributed by atoms with van der Waals surface area (Å²) < 4.78 is 40.4. The molecular formula is C20H25FN3O3S+. The van der Waals surface area contributed by atoms with E-state index in [0.717, 1.165) is 23.1 Å². The Morgan fingerprint density at radius 1 is 1.11 bits per heavy atom. The lowest BCUT2D eigenvalue weighted by Gasteiger charge is -2.31. The fourth-order valence-corrected chi connectivity index (χ4v) is 4.78.